The number of hydrogen-bond donors (Lipinski definition) is 2. The summed E-state index contributed by atoms with van der Waals surface area (Å²) in [6, 6.07) is 10.0. The second-order valence-electron chi connectivity index (χ2n) is 3.66. The highest BCUT2D eigenvalue weighted by atomic mass is 15.4. The molecule has 0 radical (unpaired) electrons. The van der Waals surface area contributed by atoms with Crippen LogP contribution in [0.5, 0.6) is 0 Å². The van der Waals surface area contributed by atoms with E-state index in [1.807, 2.05) is 42.3 Å². The molecule has 17 heavy (non-hydrogen) atoms. The van der Waals surface area contributed by atoms with Gasteiger partial charge in [-0.1, -0.05) is 18.2 Å². The quantitative estimate of drug-likeness (QED) is 0.825. The zero-order chi connectivity index (χ0) is 12.1. The molecule has 1 unspecified atom stereocenters. The van der Waals surface area contributed by atoms with Crippen LogP contribution in [0.3, 0.4) is 0 Å². The van der Waals surface area contributed by atoms with Gasteiger partial charge in [-0.25, -0.2) is 9.98 Å². The molecule has 2 rings (SSSR count). The van der Waals surface area contributed by atoms with Gasteiger partial charge in [0.2, 0.25) is 12.2 Å². The number of benzene rings is 1. The third kappa shape index (κ3) is 2.75. The van der Waals surface area contributed by atoms with Crippen molar-refractivity contribution in [3.63, 3.8) is 0 Å². The first-order chi connectivity index (χ1) is 8.33. The average molecular weight is 231 g/mol. The normalized spacial score (nSPS) is 18.8. The lowest BCUT2D eigenvalue weighted by Crippen LogP contribution is -2.43. The third-order valence-corrected chi connectivity index (χ3v) is 2.55. The molecule has 5 nitrogen and oxygen atoms in total. The fourth-order valence-corrected chi connectivity index (χ4v) is 1.60. The number of guanidine groups is 1. The summed E-state index contributed by atoms with van der Waals surface area (Å²) in [5, 5.41) is 6.30. The molecule has 2 N–H and O–H groups in total. The second kappa shape index (κ2) is 5.34. The lowest BCUT2D eigenvalue weighted by molar-refractivity contribution is 0.368. The van der Waals surface area contributed by atoms with Crippen LogP contribution in [-0.4, -0.2) is 37.1 Å². The summed E-state index contributed by atoms with van der Waals surface area (Å²) < 4.78 is 0. The van der Waals surface area contributed by atoms with E-state index >= 15 is 0 Å². The van der Waals surface area contributed by atoms with Crippen LogP contribution < -0.4 is 10.6 Å². The van der Waals surface area contributed by atoms with E-state index in [-0.39, 0.29) is 6.29 Å². The molecule has 0 amide bonds. The largest absolute Gasteiger partial charge is 0.357 e. The van der Waals surface area contributed by atoms with Crippen LogP contribution in [0.4, 0.5) is 5.69 Å². The number of para-hydroxylation sites is 1. The third-order valence-electron chi connectivity index (χ3n) is 2.55. The summed E-state index contributed by atoms with van der Waals surface area (Å²) in [7, 11) is 1.82. The molecule has 0 spiro atoms. The number of rotatable bonds is 3. The Morgan fingerprint density at radius 1 is 1.29 bits per heavy atom. The topological polar surface area (TPSA) is 52.0 Å². The molecule has 0 aromatic heterocycles. The van der Waals surface area contributed by atoms with Gasteiger partial charge in [-0.15, -0.1) is 0 Å². The van der Waals surface area contributed by atoms with Crippen LogP contribution in [-0.2, 0) is 0 Å². The molecule has 0 saturated heterocycles. The van der Waals surface area contributed by atoms with E-state index in [1.165, 1.54) is 0 Å². The highest BCUT2D eigenvalue weighted by Crippen LogP contribution is 2.11. The maximum absolute atomic E-state index is 4.47. The van der Waals surface area contributed by atoms with E-state index in [4.69, 9.17) is 0 Å². The van der Waals surface area contributed by atoms with Crippen molar-refractivity contribution in [1.82, 2.24) is 10.2 Å². The van der Waals surface area contributed by atoms with Gasteiger partial charge in [0.05, 0.1) is 6.34 Å². The van der Waals surface area contributed by atoms with E-state index in [1.54, 1.807) is 6.34 Å². The predicted molar refractivity (Wildman–Crippen MR) is 71.2 cm³/mol. The molecule has 1 atom stereocenters. The molecule has 1 aliphatic heterocycles. The smallest absolute Gasteiger partial charge is 0.222 e. The van der Waals surface area contributed by atoms with Crippen LogP contribution in [0.1, 0.15) is 6.92 Å². The van der Waals surface area contributed by atoms with Gasteiger partial charge in [-0.2, -0.15) is 0 Å². The highest BCUT2D eigenvalue weighted by Gasteiger charge is 2.17. The fourth-order valence-electron chi connectivity index (χ4n) is 1.60. The Bertz CT molecular complexity index is 412. The molecule has 0 aliphatic carbocycles. The lowest BCUT2D eigenvalue weighted by atomic mass is 10.3. The Morgan fingerprint density at radius 3 is 2.71 bits per heavy atom. The van der Waals surface area contributed by atoms with Gasteiger partial charge in [0.1, 0.15) is 0 Å². The SMILES string of the molecule is CCN1C=NC(NC)=NC1Nc1ccccc1. The van der Waals surface area contributed by atoms with Gasteiger partial charge < -0.3 is 15.5 Å². The van der Waals surface area contributed by atoms with Crippen molar-refractivity contribution < 1.29 is 0 Å². The minimum Gasteiger partial charge on any atom is -0.357 e. The van der Waals surface area contributed by atoms with E-state index in [0.29, 0.717) is 5.96 Å². The first-order valence-corrected chi connectivity index (χ1v) is 5.70. The Balaban J connectivity index is 2.12. The van der Waals surface area contributed by atoms with Crippen molar-refractivity contribution in [2.24, 2.45) is 9.98 Å². The van der Waals surface area contributed by atoms with Crippen LogP contribution in [0.25, 0.3) is 0 Å². The number of aliphatic imine (C=N–C) groups is 2. The number of hydrogen-bond acceptors (Lipinski definition) is 5. The van der Waals surface area contributed by atoms with Crippen LogP contribution in [0.15, 0.2) is 40.3 Å². The van der Waals surface area contributed by atoms with E-state index in [0.717, 1.165) is 12.2 Å². The van der Waals surface area contributed by atoms with E-state index in [9.17, 15) is 0 Å². The van der Waals surface area contributed by atoms with Crippen LogP contribution >= 0.6 is 0 Å². The summed E-state index contributed by atoms with van der Waals surface area (Å²) in [5.74, 6) is 0.642. The van der Waals surface area contributed by atoms with Gasteiger partial charge in [0, 0.05) is 19.3 Å². The molecule has 1 aromatic rings. The lowest BCUT2D eigenvalue weighted by Gasteiger charge is -2.29. The van der Waals surface area contributed by atoms with Gasteiger partial charge in [-0.3, -0.25) is 0 Å². The highest BCUT2D eigenvalue weighted by molar-refractivity contribution is 5.89. The summed E-state index contributed by atoms with van der Waals surface area (Å²) in [5.41, 5.74) is 1.05. The van der Waals surface area contributed by atoms with Crippen LogP contribution in [0, 0.1) is 0 Å². The maximum Gasteiger partial charge on any atom is 0.222 e. The predicted octanol–water partition coefficient (Wildman–Crippen LogP) is 1.32. The van der Waals surface area contributed by atoms with E-state index < -0.39 is 0 Å². The minimum atomic E-state index is -0.109. The average Bonchev–Trinajstić information content (AvgIpc) is 2.40. The fraction of sp³-hybridized carbons (Fsp3) is 0.333. The van der Waals surface area contributed by atoms with E-state index in [2.05, 4.69) is 27.5 Å². The zero-order valence-electron chi connectivity index (χ0n) is 10.1. The molecular weight excluding hydrogens is 214 g/mol. The zero-order valence-corrected chi connectivity index (χ0v) is 10.1. The van der Waals surface area contributed by atoms with Crippen molar-refractivity contribution in [3.05, 3.63) is 30.3 Å². The van der Waals surface area contributed by atoms with Crippen LogP contribution in [0.2, 0.25) is 0 Å². The first kappa shape index (κ1) is 11.4. The maximum atomic E-state index is 4.47. The molecule has 1 heterocycles. The summed E-state index contributed by atoms with van der Waals surface area (Å²) in [6.07, 6.45) is 1.70. The Morgan fingerprint density at radius 2 is 2.06 bits per heavy atom. The second-order valence-corrected chi connectivity index (χ2v) is 3.66. The van der Waals surface area contributed by atoms with Crippen molar-refractivity contribution in [2.45, 2.75) is 13.2 Å². The molecule has 0 saturated carbocycles. The Labute approximate surface area is 101 Å². The molecular formula is C12H17N5. The Kier molecular flexibility index (Phi) is 3.59. The minimum absolute atomic E-state index is 0.109. The number of nitrogens with zero attached hydrogens (tertiary/aromatic N) is 3. The molecule has 1 aromatic carbocycles. The van der Waals surface area contributed by atoms with Gasteiger partial charge in [0.25, 0.3) is 0 Å². The van der Waals surface area contributed by atoms with Crippen molar-refractivity contribution in [2.75, 3.05) is 18.9 Å². The van der Waals surface area contributed by atoms with Crippen molar-refractivity contribution >= 4 is 18.0 Å². The summed E-state index contributed by atoms with van der Waals surface area (Å²) in [4.78, 5) is 10.7. The molecule has 0 bridgehead atoms. The molecule has 1 aliphatic rings. The van der Waals surface area contributed by atoms with Crippen molar-refractivity contribution in [1.29, 1.82) is 0 Å². The standard InChI is InChI=1S/C12H17N5/c1-3-17-9-14-11(13-2)16-12(17)15-10-7-5-4-6-8-10/h4-9,12,15H,3H2,1-2H3,(H,13,16). The number of anilines is 1. The molecule has 90 valence electrons. The Hall–Kier alpha value is -2.04. The summed E-state index contributed by atoms with van der Waals surface area (Å²) >= 11 is 0. The van der Waals surface area contributed by atoms with Gasteiger partial charge in [-0.05, 0) is 19.1 Å². The van der Waals surface area contributed by atoms with Crippen molar-refractivity contribution in [3.8, 4) is 0 Å². The summed E-state index contributed by atoms with van der Waals surface area (Å²) in [6.45, 7) is 2.93. The first-order valence-electron chi connectivity index (χ1n) is 5.70. The molecule has 0 fully saturated rings. The number of nitrogens with one attached hydrogen (secondary N) is 2. The van der Waals surface area contributed by atoms with Gasteiger partial charge in [0.15, 0.2) is 0 Å². The monoisotopic (exact) mass is 231 g/mol. The van der Waals surface area contributed by atoms with Gasteiger partial charge >= 0.3 is 0 Å². The molecule has 5 heteroatoms.